The van der Waals surface area contributed by atoms with Gasteiger partial charge in [-0.1, -0.05) is 23.7 Å². The summed E-state index contributed by atoms with van der Waals surface area (Å²) in [6.07, 6.45) is 6.58. The standard InChI is InChI=1S/C27H25ClN8O2/c1-34-13-10-17(11-14-34)24(37)31-18-6-8-19(9-7-18)32-26-30-16-20-23(33-26)35-15-12-29-27(35)36(25(20)38)22-5-3-2-4-21(22)28/h2-9,12,15-17H,10-11,13-14H2,1H3,(H,31,37)(H,30,32,33). The van der Waals surface area contributed by atoms with Gasteiger partial charge in [0.05, 0.1) is 10.7 Å². The Balaban J connectivity index is 1.26. The lowest BCUT2D eigenvalue weighted by atomic mass is 9.96. The fourth-order valence-electron chi connectivity index (χ4n) is 4.74. The number of carbonyl (C=O) groups excluding carboxylic acids is 1. The van der Waals surface area contributed by atoms with Gasteiger partial charge in [-0.15, -0.1) is 0 Å². The minimum absolute atomic E-state index is 0.0394. The van der Waals surface area contributed by atoms with Crippen molar-refractivity contribution in [1.82, 2.24) is 28.8 Å². The van der Waals surface area contributed by atoms with E-state index in [1.807, 2.05) is 30.3 Å². The van der Waals surface area contributed by atoms with E-state index in [9.17, 15) is 9.59 Å². The van der Waals surface area contributed by atoms with Crippen molar-refractivity contribution in [3.05, 3.63) is 82.5 Å². The summed E-state index contributed by atoms with van der Waals surface area (Å²) in [6.45, 7) is 1.87. The monoisotopic (exact) mass is 528 g/mol. The van der Waals surface area contributed by atoms with Crippen LogP contribution in [0.2, 0.25) is 5.02 Å². The van der Waals surface area contributed by atoms with Crippen molar-refractivity contribution in [1.29, 1.82) is 0 Å². The number of likely N-dealkylation sites (tertiary alicyclic amines) is 1. The van der Waals surface area contributed by atoms with E-state index in [0.29, 0.717) is 33.5 Å². The molecule has 1 aliphatic heterocycles. The van der Waals surface area contributed by atoms with E-state index in [2.05, 4.69) is 37.5 Å². The van der Waals surface area contributed by atoms with Crippen LogP contribution in [0.5, 0.6) is 0 Å². The van der Waals surface area contributed by atoms with Crippen LogP contribution in [0.3, 0.4) is 0 Å². The number of para-hydroxylation sites is 1. The maximum absolute atomic E-state index is 13.4. The molecule has 1 fully saturated rings. The van der Waals surface area contributed by atoms with Gasteiger partial charge < -0.3 is 15.5 Å². The Morgan fingerprint density at radius 2 is 1.76 bits per heavy atom. The number of nitrogens with one attached hydrogen (secondary N) is 2. The van der Waals surface area contributed by atoms with Gasteiger partial charge in [-0.2, -0.15) is 4.98 Å². The Hall–Kier alpha value is -4.28. The topological polar surface area (TPSA) is 109 Å². The first kappa shape index (κ1) is 24.1. The smallest absolute Gasteiger partial charge is 0.270 e. The normalized spacial score (nSPS) is 14.7. The van der Waals surface area contributed by atoms with Crippen LogP contribution >= 0.6 is 11.6 Å². The molecule has 3 aromatic heterocycles. The summed E-state index contributed by atoms with van der Waals surface area (Å²) in [5, 5.41) is 6.95. The van der Waals surface area contributed by atoms with Gasteiger partial charge in [0.1, 0.15) is 5.39 Å². The Morgan fingerprint density at radius 3 is 2.53 bits per heavy atom. The molecule has 192 valence electrons. The minimum atomic E-state index is -0.317. The van der Waals surface area contributed by atoms with E-state index in [4.69, 9.17) is 11.6 Å². The van der Waals surface area contributed by atoms with Crippen molar-refractivity contribution < 1.29 is 4.79 Å². The molecule has 11 heteroatoms. The number of fused-ring (bicyclic) bond motifs is 3. The average Bonchev–Trinajstić information content (AvgIpc) is 3.41. The number of nitrogens with zero attached hydrogens (tertiary/aromatic N) is 6. The molecule has 0 bridgehead atoms. The van der Waals surface area contributed by atoms with Gasteiger partial charge in [-0.3, -0.25) is 14.0 Å². The fourth-order valence-corrected chi connectivity index (χ4v) is 4.96. The second kappa shape index (κ2) is 9.88. The van der Waals surface area contributed by atoms with E-state index in [1.165, 1.54) is 10.8 Å². The van der Waals surface area contributed by atoms with E-state index in [-0.39, 0.29) is 17.4 Å². The lowest BCUT2D eigenvalue weighted by Gasteiger charge is -2.28. The van der Waals surface area contributed by atoms with Crippen molar-refractivity contribution in [2.75, 3.05) is 30.8 Å². The molecule has 0 atom stereocenters. The van der Waals surface area contributed by atoms with E-state index in [0.717, 1.165) is 37.3 Å². The molecule has 0 saturated carbocycles. The van der Waals surface area contributed by atoms with Gasteiger partial charge in [0, 0.05) is 35.9 Å². The summed E-state index contributed by atoms with van der Waals surface area (Å²) in [5.41, 5.74) is 2.11. The van der Waals surface area contributed by atoms with Gasteiger partial charge in [0.2, 0.25) is 17.6 Å². The highest BCUT2D eigenvalue weighted by atomic mass is 35.5. The number of aromatic nitrogens is 5. The molecule has 6 rings (SSSR count). The second-order valence-electron chi connectivity index (χ2n) is 9.39. The van der Waals surface area contributed by atoms with Crippen molar-refractivity contribution >= 4 is 51.6 Å². The molecule has 2 N–H and O–H groups in total. The fraction of sp³-hybridized carbons (Fsp3) is 0.222. The molecular weight excluding hydrogens is 504 g/mol. The minimum Gasteiger partial charge on any atom is -0.326 e. The number of anilines is 3. The summed E-state index contributed by atoms with van der Waals surface area (Å²) >= 11 is 6.39. The van der Waals surface area contributed by atoms with E-state index in [1.54, 1.807) is 35.0 Å². The zero-order valence-corrected chi connectivity index (χ0v) is 21.4. The molecular formula is C27H25ClN8O2. The largest absolute Gasteiger partial charge is 0.326 e. The number of hydrogen-bond donors (Lipinski definition) is 2. The molecule has 5 aromatic rings. The van der Waals surface area contributed by atoms with Crippen molar-refractivity contribution in [2.24, 2.45) is 5.92 Å². The molecule has 2 aromatic carbocycles. The Bertz CT molecular complexity index is 1700. The summed E-state index contributed by atoms with van der Waals surface area (Å²) in [6, 6.07) is 14.5. The molecule has 0 radical (unpaired) electrons. The van der Waals surface area contributed by atoms with Crippen LogP contribution in [0.4, 0.5) is 17.3 Å². The van der Waals surface area contributed by atoms with Crippen molar-refractivity contribution in [3.8, 4) is 5.69 Å². The number of amides is 1. The Morgan fingerprint density at radius 1 is 1.03 bits per heavy atom. The summed E-state index contributed by atoms with van der Waals surface area (Å²) in [4.78, 5) is 41.6. The molecule has 0 aliphatic carbocycles. The number of halogens is 1. The van der Waals surface area contributed by atoms with Gasteiger partial charge in [0.15, 0.2) is 5.65 Å². The van der Waals surface area contributed by atoms with Gasteiger partial charge in [0.25, 0.3) is 5.56 Å². The Labute approximate surface area is 222 Å². The first-order valence-corrected chi connectivity index (χ1v) is 12.7. The zero-order valence-electron chi connectivity index (χ0n) is 20.6. The first-order valence-electron chi connectivity index (χ1n) is 12.3. The third kappa shape index (κ3) is 4.48. The van der Waals surface area contributed by atoms with Crippen LogP contribution in [0.15, 0.2) is 71.9 Å². The number of hydrogen-bond acceptors (Lipinski definition) is 7. The molecule has 1 amide bonds. The highest BCUT2D eigenvalue weighted by Crippen LogP contribution is 2.24. The van der Waals surface area contributed by atoms with Gasteiger partial charge in [-0.05, 0) is 69.4 Å². The summed E-state index contributed by atoms with van der Waals surface area (Å²) < 4.78 is 3.19. The zero-order chi connectivity index (χ0) is 26.2. The lowest BCUT2D eigenvalue weighted by Crippen LogP contribution is -2.35. The molecule has 0 spiro atoms. The van der Waals surface area contributed by atoms with E-state index >= 15 is 0 Å². The predicted octanol–water partition coefficient (Wildman–Crippen LogP) is 4.11. The first-order chi connectivity index (χ1) is 18.5. The average molecular weight is 529 g/mol. The maximum Gasteiger partial charge on any atom is 0.270 e. The summed E-state index contributed by atoms with van der Waals surface area (Å²) in [7, 11) is 2.08. The van der Waals surface area contributed by atoms with Crippen LogP contribution in [-0.2, 0) is 4.79 Å². The van der Waals surface area contributed by atoms with Crippen LogP contribution in [0.1, 0.15) is 12.8 Å². The SMILES string of the molecule is CN1CCC(C(=O)Nc2ccc(Nc3ncc4c(=O)n(-c5ccccc5Cl)c5nccn5c4n3)cc2)CC1. The van der Waals surface area contributed by atoms with Crippen molar-refractivity contribution in [2.45, 2.75) is 12.8 Å². The molecule has 38 heavy (non-hydrogen) atoms. The highest BCUT2D eigenvalue weighted by Gasteiger charge is 2.23. The van der Waals surface area contributed by atoms with Crippen LogP contribution < -0.4 is 16.2 Å². The van der Waals surface area contributed by atoms with Gasteiger partial charge in [-0.25, -0.2) is 14.5 Å². The lowest BCUT2D eigenvalue weighted by molar-refractivity contribution is -0.121. The molecule has 4 heterocycles. The maximum atomic E-state index is 13.4. The number of piperidine rings is 1. The van der Waals surface area contributed by atoms with Crippen molar-refractivity contribution in [3.63, 3.8) is 0 Å². The number of carbonyl (C=O) groups is 1. The molecule has 1 saturated heterocycles. The third-order valence-electron chi connectivity index (χ3n) is 6.84. The van der Waals surface area contributed by atoms with Gasteiger partial charge >= 0.3 is 0 Å². The highest BCUT2D eigenvalue weighted by molar-refractivity contribution is 6.32. The second-order valence-corrected chi connectivity index (χ2v) is 9.80. The molecule has 1 aliphatic rings. The van der Waals surface area contributed by atoms with Crippen LogP contribution in [0.25, 0.3) is 22.5 Å². The van der Waals surface area contributed by atoms with E-state index < -0.39 is 0 Å². The van der Waals surface area contributed by atoms with Crippen LogP contribution in [0, 0.1) is 5.92 Å². The summed E-state index contributed by atoms with van der Waals surface area (Å²) in [5.74, 6) is 0.816. The number of rotatable bonds is 5. The molecule has 10 nitrogen and oxygen atoms in total. The van der Waals surface area contributed by atoms with Crippen LogP contribution in [-0.4, -0.2) is 54.9 Å². The third-order valence-corrected chi connectivity index (χ3v) is 7.16. The number of imidazole rings is 1. The predicted molar refractivity (Wildman–Crippen MR) is 147 cm³/mol. The number of benzene rings is 2. The Kier molecular flexibility index (Phi) is 6.26. The molecule has 0 unspecified atom stereocenters. The quantitative estimate of drug-likeness (QED) is 0.353.